The summed E-state index contributed by atoms with van der Waals surface area (Å²) in [6.45, 7) is 13.6. The summed E-state index contributed by atoms with van der Waals surface area (Å²) in [7, 11) is 0. The largest absolute Gasteiger partial charge is 0.208 e. The highest BCUT2D eigenvalue weighted by Gasteiger charge is 2.20. The topological polar surface area (TPSA) is 38.7 Å². The molecule has 0 aliphatic heterocycles. The minimum atomic E-state index is 0.144. The summed E-state index contributed by atoms with van der Waals surface area (Å²) in [5, 5.41) is 0. The summed E-state index contributed by atoms with van der Waals surface area (Å²) in [5.41, 5.74) is 5.96. The van der Waals surface area contributed by atoms with Crippen LogP contribution in [0.25, 0.3) is 34.2 Å². The van der Waals surface area contributed by atoms with E-state index in [4.69, 9.17) is 15.0 Å². The first-order valence-electron chi connectivity index (χ1n) is 12.8. The fourth-order valence-electron chi connectivity index (χ4n) is 4.46. The second-order valence-corrected chi connectivity index (χ2v) is 10.7. The van der Waals surface area contributed by atoms with Gasteiger partial charge in [0.15, 0.2) is 17.5 Å². The Balaban J connectivity index is 1.78. The summed E-state index contributed by atoms with van der Waals surface area (Å²) in [6, 6.07) is 27.6. The van der Waals surface area contributed by atoms with Crippen molar-refractivity contribution in [3.8, 4) is 34.2 Å². The Morgan fingerprint density at radius 2 is 0.914 bits per heavy atom. The maximum Gasteiger partial charge on any atom is 0.164 e. The van der Waals surface area contributed by atoms with Gasteiger partial charge in [-0.25, -0.2) is 15.0 Å². The van der Waals surface area contributed by atoms with Crippen molar-refractivity contribution in [1.29, 1.82) is 0 Å². The molecule has 0 unspecified atom stereocenters. The zero-order valence-corrected chi connectivity index (χ0v) is 22.0. The van der Waals surface area contributed by atoms with Gasteiger partial charge in [-0.15, -0.1) is 0 Å². The third-order valence-electron chi connectivity index (χ3n) is 7.28. The van der Waals surface area contributed by atoms with E-state index in [1.54, 1.807) is 0 Å². The molecule has 0 atom stereocenters. The van der Waals surface area contributed by atoms with Crippen molar-refractivity contribution in [2.75, 3.05) is 0 Å². The fraction of sp³-hybridized carbons (Fsp3) is 0.344. The third kappa shape index (κ3) is 5.51. The van der Waals surface area contributed by atoms with E-state index >= 15 is 0 Å². The van der Waals surface area contributed by atoms with Crippen molar-refractivity contribution < 1.29 is 0 Å². The van der Waals surface area contributed by atoms with E-state index in [9.17, 15) is 0 Å². The molecule has 0 fully saturated rings. The molecule has 35 heavy (non-hydrogen) atoms. The molecule has 1 heterocycles. The van der Waals surface area contributed by atoms with Gasteiger partial charge in [-0.1, -0.05) is 127 Å². The van der Waals surface area contributed by atoms with Crippen LogP contribution < -0.4 is 0 Å². The van der Waals surface area contributed by atoms with E-state index in [0.717, 1.165) is 29.5 Å². The first-order valence-corrected chi connectivity index (χ1v) is 12.8. The van der Waals surface area contributed by atoms with E-state index < -0.39 is 0 Å². The molecule has 0 amide bonds. The normalized spacial score (nSPS) is 12.1. The highest BCUT2D eigenvalue weighted by molar-refractivity contribution is 5.66. The van der Waals surface area contributed by atoms with Crippen molar-refractivity contribution in [1.82, 2.24) is 15.0 Å². The predicted octanol–water partition coefficient (Wildman–Crippen LogP) is 8.64. The highest BCUT2D eigenvalue weighted by Crippen LogP contribution is 2.32. The van der Waals surface area contributed by atoms with Crippen LogP contribution in [0.4, 0.5) is 0 Å². The molecule has 3 nitrogen and oxygen atoms in total. The minimum Gasteiger partial charge on any atom is -0.208 e. The van der Waals surface area contributed by atoms with Crippen LogP contribution in [0, 0.1) is 0 Å². The molecule has 0 aliphatic carbocycles. The van der Waals surface area contributed by atoms with Crippen LogP contribution in [0.15, 0.2) is 78.9 Å². The van der Waals surface area contributed by atoms with Gasteiger partial charge in [0, 0.05) is 16.7 Å². The van der Waals surface area contributed by atoms with E-state index in [1.807, 2.05) is 30.3 Å². The minimum absolute atomic E-state index is 0.144. The lowest BCUT2D eigenvalue weighted by atomic mass is 9.80. The molecule has 4 rings (SSSR count). The van der Waals surface area contributed by atoms with Gasteiger partial charge in [0.25, 0.3) is 0 Å². The Kier molecular flexibility index (Phi) is 7.16. The van der Waals surface area contributed by atoms with Crippen LogP contribution >= 0.6 is 0 Å². The van der Waals surface area contributed by atoms with Gasteiger partial charge in [0.1, 0.15) is 0 Å². The van der Waals surface area contributed by atoms with Gasteiger partial charge >= 0.3 is 0 Å². The zero-order chi connectivity index (χ0) is 25.1. The molecule has 180 valence electrons. The van der Waals surface area contributed by atoms with Gasteiger partial charge in [0.2, 0.25) is 0 Å². The Bertz CT molecular complexity index is 1250. The first kappa shape index (κ1) is 24.8. The monoisotopic (exact) mass is 463 g/mol. The summed E-state index contributed by atoms with van der Waals surface area (Å²) in [5.74, 6) is 2.09. The van der Waals surface area contributed by atoms with Crippen molar-refractivity contribution in [2.45, 2.75) is 71.6 Å². The summed E-state index contributed by atoms with van der Waals surface area (Å²) in [6.07, 6.45) is 3.41. The van der Waals surface area contributed by atoms with E-state index in [0.29, 0.717) is 17.5 Å². The van der Waals surface area contributed by atoms with Crippen molar-refractivity contribution in [2.24, 2.45) is 0 Å². The predicted molar refractivity (Wildman–Crippen MR) is 147 cm³/mol. The molecule has 1 aromatic heterocycles. The molecular formula is C32H37N3. The van der Waals surface area contributed by atoms with Crippen molar-refractivity contribution in [3.05, 3.63) is 90.0 Å². The number of hydrogen-bond donors (Lipinski definition) is 0. The fourth-order valence-corrected chi connectivity index (χ4v) is 4.46. The molecule has 0 aliphatic rings. The molecule has 0 N–H and O–H groups in total. The van der Waals surface area contributed by atoms with Crippen molar-refractivity contribution >= 4 is 0 Å². The molecule has 3 aromatic carbocycles. The zero-order valence-electron chi connectivity index (χ0n) is 22.0. The summed E-state index contributed by atoms with van der Waals surface area (Å²) < 4.78 is 0. The summed E-state index contributed by atoms with van der Waals surface area (Å²) in [4.78, 5) is 14.7. The Labute approximate surface area is 210 Å². The smallest absolute Gasteiger partial charge is 0.164 e. The SMILES string of the molecule is CCCC(C)(C)c1ccc(-c2nc(-c3ccccc3)nc(-c3ccc(C(C)(C)CC)cc3)n2)cc1. The molecule has 0 bridgehead atoms. The molecule has 0 saturated heterocycles. The molecule has 0 saturated carbocycles. The van der Waals surface area contributed by atoms with Crippen LogP contribution in [-0.4, -0.2) is 15.0 Å². The number of hydrogen-bond acceptors (Lipinski definition) is 3. The third-order valence-corrected chi connectivity index (χ3v) is 7.28. The molecule has 3 heteroatoms. The lowest BCUT2D eigenvalue weighted by Gasteiger charge is -2.24. The molecular weight excluding hydrogens is 426 g/mol. The van der Waals surface area contributed by atoms with Crippen LogP contribution in [0.1, 0.15) is 71.9 Å². The van der Waals surface area contributed by atoms with E-state index in [2.05, 4.69) is 90.1 Å². The maximum absolute atomic E-state index is 4.92. The van der Waals surface area contributed by atoms with E-state index in [-0.39, 0.29) is 10.8 Å². The number of benzene rings is 3. The van der Waals surface area contributed by atoms with Crippen LogP contribution in [0.3, 0.4) is 0 Å². The van der Waals surface area contributed by atoms with Crippen LogP contribution in [0.5, 0.6) is 0 Å². The van der Waals surface area contributed by atoms with Crippen LogP contribution in [0.2, 0.25) is 0 Å². The van der Waals surface area contributed by atoms with Crippen LogP contribution in [-0.2, 0) is 10.8 Å². The van der Waals surface area contributed by atoms with Gasteiger partial charge in [-0.2, -0.15) is 0 Å². The summed E-state index contributed by atoms with van der Waals surface area (Å²) >= 11 is 0. The standard InChI is InChI=1S/C32H37N3/c1-7-22-32(5,6)27-20-16-25(17-21-27)30-34-28(23-12-10-9-11-13-23)33-29(35-30)24-14-18-26(19-15-24)31(3,4)8-2/h9-21H,7-8,22H2,1-6H3. The van der Waals surface area contributed by atoms with Gasteiger partial charge < -0.3 is 0 Å². The van der Waals surface area contributed by atoms with Gasteiger partial charge in [0.05, 0.1) is 0 Å². The van der Waals surface area contributed by atoms with E-state index in [1.165, 1.54) is 17.5 Å². The average Bonchev–Trinajstić information content (AvgIpc) is 2.89. The Morgan fingerprint density at radius 3 is 1.31 bits per heavy atom. The Hall–Kier alpha value is -3.33. The highest BCUT2D eigenvalue weighted by atomic mass is 15.0. The number of nitrogens with zero attached hydrogens (tertiary/aromatic N) is 3. The molecule has 4 aromatic rings. The second-order valence-electron chi connectivity index (χ2n) is 10.7. The second kappa shape index (κ2) is 10.1. The van der Waals surface area contributed by atoms with Gasteiger partial charge in [-0.05, 0) is 34.8 Å². The Morgan fingerprint density at radius 1 is 0.514 bits per heavy atom. The lowest BCUT2D eigenvalue weighted by Crippen LogP contribution is -2.16. The average molecular weight is 464 g/mol. The number of rotatable bonds is 8. The molecule has 0 spiro atoms. The van der Waals surface area contributed by atoms with Crippen molar-refractivity contribution in [3.63, 3.8) is 0 Å². The van der Waals surface area contributed by atoms with Gasteiger partial charge in [-0.3, -0.25) is 0 Å². The lowest BCUT2D eigenvalue weighted by molar-refractivity contribution is 0.473. The first-order chi connectivity index (χ1) is 16.7. The molecule has 0 radical (unpaired) electrons. The maximum atomic E-state index is 4.92. The quantitative estimate of drug-likeness (QED) is 0.262. The number of aromatic nitrogens is 3.